The smallest absolute Gasteiger partial charge is 0.323 e. The van der Waals surface area contributed by atoms with Crippen LogP contribution in [0.2, 0.25) is 0 Å². The lowest BCUT2D eigenvalue weighted by atomic mass is 9.80. The summed E-state index contributed by atoms with van der Waals surface area (Å²) < 4.78 is 0. The third-order valence-electron chi connectivity index (χ3n) is 4.49. The summed E-state index contributed by atoms with van der Waals surface area (Å²) >= 11 is 0. The van der Waals surface area contributed by atoms with Gasteiger partial charge in [0.05, 0.1) is 0 Å². The minimum atomic E-state index is -1.06. The molecule has 2 atom stereocenters. The van der Waals surface area contributed by atoms with Crippen molar-refractivity contribution in [2.45, 2.75) is 77.2 Å². The Morgan fingerprint density at radius 2 is 2.00 bits per heavy atom. The molecule has 18 heavy (non-hydrogen) atoms. The van der Waals surface area contributed by atoms with Crippen LogP contribution in [0.15, 0.2) is 0 Å². The number of hydrogen-bond acceptors (Lipinski definition) is 2. The average Bonchev–Trinajstić information content (AvgIpc) is 2.35. The van der Waals surface area contributed by atoms with E-state index in [1.165, 1.54) is 38.5 Å². The maximum atomic E-state index is 11.1. The van der Waals surface area contributed by atoms with Gasteiger partial charge in [-0.2, -0.15) is 0 Å². The highest BCUT2D eigenvalue weighted by molar-refractivity contribution is 5.77. The highest BCUT2D eigenvalue weighted by atomic mass is 16.4. The van der Waals surface area contributed by atoms with E-state index < -0.39 is 11.5 Å². The summed E-state index contributed by atoms with van der Waals surface area (Å²) in [6.45, 7) is 3.78. The molecule has 1 rings (SSSR count). The van der Waals surface area contributed by atoms with Crippen LogP contribution < -0.4 is 5.73 Å². The van der Waals surface area contributed by atoms with Crippen molar-refractivity contribution >= 4 is 5.97 Å². The first kappa shape index (κ1) is 15.5. The van der Waals surface area contributed by atoms with E-state index in [-0.39, 0.29) is 0 Å². The van der Waals surface area contributed by atoms with Gasteiger partial charge in [0, 0.05) is 0 Å². The molecule has 1 aliphatic carbocycles. The molecule has 0 radical (unpaired) electrons. The van der Waals surface area contributed by atoms with Crippen molar-refractivity contribution in [3.05, 3.63) is 0 Å². The highest BCUT2D eigenvalue weighted by Crippen LogP contribution is 2.31. The lowest BCUT2D eigenvalue weighted by molar-refractivity contribution is -0.143. The van der Waals surface area contributed by atoms with Crippen molar-refractivity contribution in [2.75, 3.05) is 0 Å². The number of carbonyl (C=O) groups is 1. The molecule has 0 aromatic heterocycles. The molecule has 0 aliphatic heterocycles. The summed E-state index contributed by atoms with van der Waals surface area (Å²) in [4.78, 5) is 11.1. The topological polar surface area (TPSA) is 63.3 Å². The summed E-state index contributed by atoms with van der Waals surface area (Å²) in [5.41, 5.74) is 4.78. The van der Waals surface area contributed by atoms with Crippen molar-refractivity contribution in [3.63, 3.8) is 0 Å². The zero-order chi connectivity index (χ0) is 13.6. The number of carboxylic acids is 1. The predicted molar refractivity (Wildman–Crippen MR) is 74.4 cm³/mol. The molecule has 3 heteroatoms. The zero-order valence-corrected chi connectivity index (χ0v) is 12.0. The largest absolute Gasteiger partial charge is 0.480 e. The highest BCUT2D eigenvalue weighted by Gasteiger charge is 2.30. The Morgan fingerprint density at radius 1 is 1.39 bits per heavy atom. The first-order valence-electron chi connectivity index (χ1n) is 7.48. The number of aliphatic carboxylic acids is 1. The van der Waals surface area contributed by atoms with Crippen molar-refractivity contribution in [3.8, 4) is 0 Å². The second kappa shape index (κ2) is 7.13. The van der Waals surface area contributed by atoms with Gasteiger partial charge in [0.15, 0.2) is 0 Å². The molecule has 106 valence electrons. The van der Waals surface area contributed by atoms with Crippen LogP contribution in [0.1, 0.15) is 71.6 Å². The van der Waals surface area contributed by atoms with Gasteiger partial charge in [-0.15, -0.1) is 0 Å². The van der Waals surface area contributed by atoms with E-state index in [1.807, 2.05) is 0 Å². The molecule has 0 bridgehead atoms. The maximum Gasteiger partial charge on any atom is 0.323 e. The van der Waals surface area contributed by atoms with E-state index in [0.717, 1.165) is 18.8 Å². The van der Waals surface area contributed by atoms with Crippen LogP contribution in [0.5, 0.6) is 0 Å². The lowest BCUT2D eigenvalue weighted by Crippen LogP contribution is -2.46. The molecule has 0 saturated heterocycles. The number of rotatable bonds is 7. The van der Waals surface area contributed by atoms with Gasteiger partial charge in [0.2, 0.25) is 0 Å². The van der Waals surface area contributed by atoms with E-state index in [2.05, 4.69) is 6.92 Å². The van der Waals surface area contributed by atoms with Crippen LogP contribution >= 0.6 is 0 Å². The quantitative estimate of drug-likeness (QED) is 0.731. The second-order valence-electron chi connectivity index (χ2n) is 6.28. The van der Waals surface area contributed by atoms with Gasteiger partial charge in [-0.3, -0.25) is 4.79 Å². The van der Waals surface area contributed by atoms with Crippen LogP contribution in [-0.4, -0.2) is 16.6 Å². The molecular formula is C15H29NO2. The van der Waals surface area contributed by atoms with E-state index >= 15 is 0 Å². The van der Waals surface area contributed by atoms with Gasteiger partial charge in [-0.1, -0.05) is 58.3 Å². The van der Waals surface area contributed by atoms with Crippen LogP contribution in [0.3, 0.4) is 0 Å². The molecule has 1 fully saturated rings. The van der Waals surface area contributed by atoms with Gasteiger partial charge in [0.1, 0.15) is 5.54 Å². The Hall–Kier alpha value is -0.570. The summed E-state index contributed by atoms with van der Waals surface area (Å²) in [6, 6.07) is 0. The van der Waals surface area contributed by atoms with Gasteiger partial charge in [0.25, 0.3) is 0 Å². The average molecular weight is 255 g/mol. The van der Waals surface area contributed by atoms with E-state index in [4.69, 9.17) is 10.8 Å². The maximum absolute atomic E-state index is 11.1. The Labute approximate surface area is 111 Å². The molecule has 0 heterocycles. The molecule has 0 unspecified atom stereocenters. The van der Waals surface area contributed by atoms with Crippen molar-refractivity contribution < 1.29 is 9.90 Å². The monoisotopic (exact) mass is 255 g/mol. The summed E-state index contributed by atoms with van der Waals surface area (Å²) in [6.07, 6.45) is 10.9. The van der Waals surface area contributed by atoms with Crippen LogP contribution in [0.25, 0.3) is 0 Å². The number of carboxylic acid groups (broad SMARTS) is 1. The van der Waals surface area contributed by atoms with Crippen molar-refractivity contribution in [1.82, 2.24) is 0 Å². The van der Waals surface area contributed by atoms with E-state index in [1.54, 1.807) is 6.92 Å². The first-order chi connectivity index (χ1) is 8.45. The third kappa shape index (κ3) is 4.97. The summed E-state index contributed by atoms with van der Waals surface area (Å²) in [7, 11) is 0. The standard InChI is InChI=1S/C15H29NO2/c1-3-12(11-15(2,16)14(17)18)9-10-13-7-5-4-6-8-13/h12-13H,3-11,16H2,1-2H3,(H,17,18)/t12-,15+/m0/s1. The fraction of sp³-hybridized carbons (Fsp3) is 0.933. The van der Waals surface area contributed by atoms with Crippen LogP contribution in [0.4, 0.5) is 0 Å². The summed E-state index contributed by atoms with van der Waals surface area (Å²) in [5, 5.41) is 9.08. The third-order valence-corrected chi connectivity index (χ3v) is 4.49. The molecular weight excluding hydrogens is 226 g/mol. The molecule has 0 amide bonds. The Morgan fingerprint density at radius 3 is 2.50 bits per heavy atom. The zero-order valence-electron chi connectivity index (χ0n) is 12.0. The molecule has 0 aromatic carbocycles. The number of nitrogens with two attached hydrogens (primary N) is 1. The fourth-order valence-corrected chi connectivity index (χ4v) is 3.08. The Bertz CT molecular complexity index is 257. The van der Waals surface area contributed by atoms with Gasteiger partial charge in [-0.05, 0) is 25.2 Å². The number of hydrogen-bond donors (Lipinski definition) is 2. The van der Waals surface area contributed by atoms with Crippen LogP contribution in [0, 0.1) is 11.8 Å². The SMILES string of the molecule is CC[C@@H](CCC1CCCCC1)C[C@@](C)(N)C(=O)O. The Balaban J connectivity index is 2.34. The molecule has 0 spiro atoms. The van der Waals surface area contributed by atoms with Crippen LogP contribution in [-0.2, 0) is 4.79 Å². The second-order valence-corrected chi connectivity index (χ2v) is 6.28. The fourth-order valence-electron chi connectivity index (χ4n) is 3.08. The lowest BCUT2D eigenvalue weighted by Gasteiger charge is -2.27. The summed E-state index contributed by atoms with van der Waals surface area (Å²) in [5.74, 6) is 0.457. The van der Waals surface area contributed by atoms with Crippen molar-refractivity contribution in [2.24, 2.45) is 17.6 Å². The predicted octanol–water partition coefficient (Wildman–Crippen LogP) is 3.57. The minimum absolute atomic E-state index is 0.457. The molecule has 1 aliphatic rings. The molecule has 0 aromatic rings. The first-order valence-corrected chi connectivity index (χ1v) is 7.48. The van der Waals surface area contributed by atoms with Gasteiger partial charge >= 0.3 is 5.97 Å². The molecule has 1 saturated carbocycles. The van der Waals surface area contributed by atoms with Gasteiger partial charge < -0.3 is 10.8 Å². The minimum Gasteiger partial charge on any atom is -0.480 e. The Kier molecular flexibility index (Phi) is 6.13. The normalized spacial score (nSPS) is 22.4. The van der Waals surface area contributed by atoms with E-state index in [0.29, 0.717) is 12.3 Å². The van der Waals surface area contributed by atoms with E-state index in [9.17, 15) is 4.79 Å². The molecule has 3 nitrogen and oxygen atoms in total. The molecule has 3 N–H and O–H groups in total. The van der Waals surface area contributed by atoms with Gasteiger partial charge in [-0.25, -0.2) is 0 Å². The van der Waals surface area contributed by atoms with Crippen molar-refractivity contribution in [1.29, 1.82) is 0 Å².